The Morgan fingerprint density at radius 2 is 1.87 bits per heavy atom. The highest BCUT2D eigenvalue weighted by Gasteiger charge is 2.35. The smallest absolute Gasteiger partial charge is 0.405 e. The SMILES string of the molecule is O=C1NCCCC[C@H]1Nc1nc2c(C(F)(F)F)cccc2c2nc(-c3ccc(Cl)cc3OC(F)(F)F)nn12. The minimum Gasteiger partial charge on any atom is -0.405 e. The van der Waals surface area contributed by atoms with Gasteiger partial charge in [0.1, 0.15) is 11.8 Å². The number of hydrogen-bond donors (Lipinski definition) is 2. The maximum Gasteiger partial charge on any atom is 0.573 e. The molecule has 200 valence electrons. The zero-order valence-corrected chi connectivity index (χ0v) is 19.9. The number of fused-ring (bicyclic) bond motifs is 3. The van der Waals surface area contributed by atoms with Gasteiger partial charge in [0.05, 0.1) is 16.6 Å². The van der Waals surface area contributed by atoms with Gasteiger partial charge in [-0.1, -0.05) is 17.7 Å². The molecule has 3 heterocycles. The normalized spacial score (nSPS) is 16.9. The zero-order chi connectivity index (χ0) is 27.2. The lowest BCUT2D eigenvalue weighted by atomic mass is 10.1. The van der Waals surface area contributed by atoms with Gasteiger partial charge in [0.25, 0.3) is 0 Å². The topological polar surface area (TPSA) is 93.4 Å². The number of rotatable bonds is 4. The Kier molecular flexibility index (Phi) is 6.45. The fraction of sp³-hybridized carbons (Fsp3) is 0.304. The molecule has 2 aromatic heterocycles. The number of alkyl halides is 6. The summed E-state index contributed by atoms with van der Waals surface area (Å²) in [6, 6.07) is 5.91. The minimum absolute atomic E-state index is 0.0540. The summed E-state index contributed by atoms with van der Waals surface area (Å²) >= 11 is 5.85. The van der Waals surface area contributed by atoms with Crippen LogP contribution in [0.15, 0.2) is 36.4 Å². The largest absolute Gasteiger partial charge is 0.573 e. The molecule has 1 aliphatic heterocycles. The summed E-state index contributed by atoms with van der Waals surface area (Å²) in [4.78, 5) is 20.9. The van der Waals surface area contributed by atoms with Gasteiger partial charge in [-0.25, -0.2) is 9.97 Å². The number of carbonyl (C=O) groups excluding carboxylic acids is 1. The second kappa shape index (κ2) is 9.49. The average Bonchev–Trinajstić information content (AvgIpc) is 3.17. The van der Waals surface area contributed by atoms with Crippen LogP contribution < -0.4 is 15.4 Å². The molecular weight excluding hydrogens is 542 g/mol. The lowest BCUT2D eigenvalue weighted by molar-refractivity contribution is -0.274. The van der Waals surface area contributed by atoms with Crippen LogP contribution >= 0.6 is 11.6 Å². The third-order valence-corrected chi connectivity index (χ3v) is 6.09. The van der Waals surface area contributed by atoms with Crippen LogP contribution in [0, 0.1) is 0 Å². The predicted octanol–water partition coefficient (Wildman–Crippen LogP) is 5.60. The summed E-state index contributed by atoms with van der Waals surface area (Å²) in [6.45, 7) is 0.446. The highest BCUT2D eigenvalue weighted by molar-refractivity contribution is 6.30. The summed E-state index contributed by atoms with van der Waals surface area (Å²) in [5.74, 6) is -1.61. The van der Waals surface area contributed by atoms with Crippen LogP contribution in [0.4, 0.5) is 32.3 Å². The lowest BCUT2D eigenvalue weighted by Crippen LogP contribution is -2.38. The van der Waals surface area contributed by atoms with Crippen molar-refractivity contribution in [3.05, 3.63) is 47.0 Å². The average molecular weight is 559 g/mol. The van der Waals surface area contributed by atoms with Crippen molar-refractivity contribution in [2.45, 2.75) is 37.8 Å². The van der Waals surface area contributed by atoms with E-state index >= 15 is 0 Å². The fourth-order valence-corrected chi connectivity index (χ4v) is 4.35. The van der Waals surface area contributed by atoms with Crippen LogP contribution in [0.25, 0.3) is 27.9 Å². The van der Waals surface area contributed by atoms with Crippen molar-refractivity contribution in [2.24, 2.45) is 0 Å². The minimum atomic E-state index is -5.06. The molecule has 15 heteroatoms. The van der Waals surface area contributed by atoms with E-state index in [4.69, 9.17) is 11.6 Å². The number of carbonyl (C=O) groups is 1. The third kappa shape index (κ3) is 5.12. The van der Waals surface area contributed by atoms with Gasteiger partial charge in [-0.3, -0.25) is 4.79 Å². The monoisotopic (exact) mass is 558 g/mol. The van der Waals surface area contributed by atoms with Crippen molar-refractivity contribution in [3.8, 4) is 17.1 Å². The van der Waals surface area contributed by atoms with Crippen LogP contribution in [0.5, 0.6) is 5.75 Å². The number of halogens is 7. The lowest BCUT2D eigenvalue weighted by Gasteiger charge is -2.17. The molecule has 4 aromatic rings. The standard InChI is InChI=1S/C23H17ClF6N6O2/c24-11-7-8-12(16(10-11)38-23(28,29)30)18-34-19-13-4-3-5-14(22(25,26)27)17(13)33-21(36(19)35-18)32-15-6-1-2-9-31-20(15)37/h3-5,7-8,10,15H,1-2,6,9H2,(H,31,37)(H,32,33)/t15-/m1/s1. The molecule has 0 aliphatic carbocycles. The van der Waals surface area contributed by atoms with Gasteiger partial charge in [-0.05, 0) is 49.6 Å². The summed E-state index contributed by atoms with van der Waals surface area (Å²) in [5.41, 5.74) is -1.86. The molecule has 5 rings (SSSR count). The fourth-order valence-electron chi connectivity index (χ4n) is 4.19. The van der Waals surface area contributed by atoms with Crippen LogP contribution in [-0.4, -0.2) is 44.4 Å². The Bertz CT molecular complexity index is 1540. The maximum atomic E-state index is 13.8. The van der Waals surface area contributed by atoms with Crippen molar-refractivity contribution in [1.29, 1.82) is 0 Å². The van der Waals surface area contributed by atoms with E-state index in [0.29, 0.717) is 25.8 Å². The number of para-hydroxylation sites is 1. The van der Waals surface area contributed by atoms with Crippen molar-refractivity contribution in [3.63, 3.8) is 0 Å². The number of nitrogens with zero attached hydrogens (tertiary/aromatic N) is 4. The molecule has 0 saturated carbocycles. The highest BCUT2D eigenvalue weighted by Crippen LogP contribution is 2.38. The number of anilines is 1. The molecule has 0 spiro atoms. The first-order chi connectivity index (χ1) is 17.9. The Morgan fingerprint density at radius 3 is 2.61 bits per heavy atom. The molecule has 2 aromatic carbocycles. The molecule has 2 N–H and O–H groups in total. The summed E-state index contributed by atoms with van der Waals surface area (Å²) in [6.07, 6.45) is -8.08. The van der Waals surface area contributed by atoms with Gasteiger partial charge in [0.2, 0.25) is 11.9 Å². The maximum absolute atomic E-state index is 13.8. The summed E-state index contributed by atoms with van der Waals surface area (Å²) in [7, 11) is 0. The van der Waals surface area contributed by atoms with Gasteiger partial charge in [0, 0.05) is 17.0 Å². The number of benzene rings is 2. The van der Waals surface area contributed by atoms with E-state index in [9.17, 15) is 31.1 Å². The van der Waals surface area contributed by atoms with Crippen LogP contribution in [0.2, 0.25) is 5.02 Å². The van der Waals surface area contributed by atoms with Crippen LogP contribution in [0.3, 0.4) is 0 Å². The van der Waals surface area contributed by atoms with Crippen molar-refractivity contribution in [2.75, 3.05) is 11.9 Å². The van der Waals surface area contributed by atoms with Gasteiger partial charge in [-0.15, -0.1) is 18.3 Å². The molecular formula is C23H17ClF6N6O2. The summed E-state index contributed by atoms with van der Waals surface area (Å²) in [5, 5.41) is 9.69. The van der Waals surface area contributed by atoms with Gasteiger partial charge < -0.3 is 15.4 Å². The van der Waals surface area contributed by atoms with E-state index in [0.717, 1.165) is 22.7 Å². The molecule has 1 fully saturated rings. The van der Waals surface area contributed by atoms with E-state index in [1.807, 2.05) is 0 Å². The quantitative estimate of drug-likeness (QED) is 0.317. The second-order valence-corrected chi connectivity index (χ2v) is 8.91. The molecule has 0 unspecified atom stereocenters. The number of aromatic nitrogens is 4. The first-order valence-electron chi connectivity index (χ1n) is 11.3. The molecule has 0 radical (unpaired) electrons. The molecule has 38 heavy (non-hydrogen) atoms. The van der Waals surface area contributed by atoms with E-state index in [1.165, 1.54) is 18.2 Å². The van der Waals surface area contributed by atoms with Crippen molar-refractivity contribution < 1.29 is 35.9 Å². The molecule has 1 amide bonds. The van der Waals surface area contributed by atoms with E-state index in [-0.39, 0.29) is 39.3 Å². The first-order valence-corrected chi connectivity index (χ1v) is 11.6. The third-order valence-electron chi connectivity index (χ3n) is 5.86. The van der Waals surface area contributed by atoms with E-state index in [2.05, 4.69) is 30.4 Å². The molecule has 1 atom stereocenters. The molecule has 1 aliphatic rings. The van der Waals surface area contributed by atoms with Crippen molar-refractivity contribution in [1.82, 2.24) is 24.9 Å². The van der Waals surface area contributed by atoms with Gasteiger partial charge in [-0.2, -0.15) is 17.7 Å². The Labute approximate surface area is 215 Å². The van der Waals surface area contributed by atoms with Crippen LogP contribution in [-0.2, 0) is 11.0 Å². The molecule has 1 saturated heterocycles. The van der Waals surface area contributed by atoms with Gasteiger partial charge in [0.15, 0.2) is 11.5 Å². The molecule has 8 nitrogen and oxygen atoms in total. The zero-order valence-electron chi connectivity index (χ0n) is 19.1. The van der Waals surface area contributed by atoms with Crippen LogP contribution in [0.1, 0.15) is 24.8 Å². The first kappa shape index (κ1) is 25.8. The van der Waals surface area contributed by atoms with E-state index < -0.39 is 35.4 Å². The second-order valence-electron chi connectivity index (χ2n) is 8.48. The number of nitrogens with one attached hydrogen (secondary N) is 2. The number of amides is 1. The van der Waals surface area contributed by atoms with Gasteiger partial charge >= 0.3 is 12.5 Å². The molecule has 0 bridgehead atoms. The number of hydrogen-bond acceptors (Lipinski definition) is 6. The predicted molar refractivity (Wildman–Crippen MR) is 125 cm³/mol. The van der Waals surface area contributed by atoms with Crippen molar-refractivity contribution >= 4 is 40.0 Å². The Balaban J connectivity index is 1.74. The Hall–Kier alpha value is -3.81. The number of ether oxygens (including phenoxy) is 1. The van der Waals surface area contributed by atoms with E-state index in [1.54, 1.807) is 0 Å². The highest BCUT2D eigenvalue weighted by atomic mass is 35.5. The Morgan fingerprint density at radius 1 is 1.08 bits per heavy atom. The summed E-state index contributed by atoms with van der Waals surface area (Å²) < 4.78 is 85.8.